The summed E-state index contributed by atoms with van der Waals surface area (Å²) in [7, 11) is 0. The molecule has 0 saturated carbocycles. The van der Waals surface area contributed by atoms with E-state index in [1.807, 2.05) is 0 Å². The van der Waals surface area contributed by atoms with Gasteiger partial charge in [-0.15, -0.1) is 12.3 Å². The van der Waals surface area contributed by atoms with Crippen molar-refractivity contribution in [2.24, 2.45) is 5.41 Å². The molecule has 0 aromatic heterocycles. The molecule has 0 bridgehead atoms. The van der Waals surface area contributed by atoms with E-state index >= 15 is 0 Å². The number of rotatable bonds is 3. The molecule has 1 heterocycles. The molecule has 1 aliphatic rings. The summed E-state index contributed by atoms with van der Waals surface area (Å²) in [6, 6.07) is 0.669. The van der Waals surface area contributed by atoms with E-state index in [0.29, 0.717) is 11.5 Å². The van der Waals surface area contributed by atoms with Gasteiger partial charge in [0.2, 0.25) is 0 Å². The molecule has 0 spiro atoms. The molecule has 2 heteroatoms. The Hall–Kier alpha value is -0.130. The van der Waals surface area contributed by atoms with Crippen LogP contribution in [0.3, 0.4) is 0 Å². The standard InChI is InChI=1S/C11H19NS/c1-4-5-6-12-10-7-11(2,3)9-13-8-10/h1,10,12H,5-9H2,2-3H3. The van der Waals surface area contributed by atoms with Crippen LogP contribution in [0, 0.1) is 17.8 Å². The average molecular weight is 197 g/mol. The minimum atomic E-state index is 0.497. The first-order valence-electron chi connectivity index (χ1n) is 4.89. The van der Waals surface area contributed by atoms with Crippen LogP contribution in [0.1, 0.15) is 26.7 Å². The molecular formula is C11H19NS. The van der Waals surface area contributed by atoms with Crippen LogP contribution in [0.15, 0.2) is 0 Å². The lowest BCUT2D eigenvalue weighted by molar-refractivity contribution is 0.320. The van der Waals surface area contributed by atoms with Crippen molar-refractivity contribution in [1.29, 1.82) is 0 Å². The second-order valence-corrected chi connectivity index (χ2v) is 5.52. The number of terminal acetylenes is 1. The van der Waals surface area contributed by atoms with E-state index in [4.69, 9.17) is 6.42 Å². The van der Waals surface area contributed by atoms with E-state index in [0.717, 1.165) is 13.0 Å². The van der Waals surface area contributed by atoms with Crippen molar-refractivity contribution in [3.05, 3.63) is 0 Å². The number of thioether (sulfide) groups is 1. The highest BCUT2D eigenvalue weighted by atomic mass is 32.2. The van der Waals surface area contributed by atoms with Crippen LogP contribution in [-0.4, -0.2) is 24.1 Å². The molecule has 1 N–H and O–H groups in total. The topological polar surface area (TPSA) is 12.0 Å². The Morgan fingerprint density at radius 3 is 3.00 bits per heavy atom. The lowest BCUT2D eigenvalue weighted by Gasteiger charge is -2.35. The van der Waals surface area contributed by atoms with Crippen LogP contribution in [0.25, 0.3) is 0 Å². The molecule has 1 saturated heterocycles. The smallest absolute Gasteiger partial charge is 0.0212 e. The molecule has 1 rings (SSSR count). The van der Waals surface area contributed by atoms with Gasteiger partial charge < -0.3 is 5.32 Å². The first-order valence-corrected chi connectivity index (χ1v) is 6.04. The molecule has 1 unspecified atom stereocenters. The summed E-state index contributed by atoms with van der Waals surface area (Å²) in [6.45, 7) is 5.65. The maximum Gasteiger partial charge on any atom is 0.0212 e. The van der Waals surface area contributed by atoms with Gasteiger partial charge in [-0.2, -0.15) is 11.8 Å². The van der Waals surface area contributed by atoms with E-state index in [9.17, 15) is 0 Å². The van der Waals surface area contributed by atoms with Crippen molar-refractivity contribution in [3.8, 4) is 12.3 Å². The first kappa shape index (κ1) is 10.9. The van der Waals surface area contributed by atoms with E-state index in [1.54, 1.807) is 0 Å². The summed E-state index contributed by atoms with van der Waals surface area (Å²) in [6.07, 6.45) is 7.33. The average Bonchev–Trinajstić information content (AvgIpc) is 2.03. The number of nitrogens with one attached hydrogen (secondary N) is 1. The van der Waals surface area contributed by atoms with Crippen LogP contribution < -0.4 is 5.32 Å². The Morgan fingerprint density at radius 2 is 2.38 bits per heavy atom. The van der Waals surface area contributed by atoms with Gasteiger partial charge in [-0.25, -0.2) is 0 Å². The molecule has 74 valence electrons. The van der Waals surface area contributed by atoms with Gasteiger partial charge in [0.25, 0.3) is 0 Å². The predicted molar refractivity (Wildman–Crippen MR) is 61.0 cm³/mol. The van der Waals surface area contributed by atoms with Gasteiger partial charge in [0, 0.05) is 24.8 Å². The van der Waals surface area contributed by atoms with Crippen LogP contribution in [0.4, 0.5) is 0 Å². The molecule has 0 radical (unpaired) electrons. The summed E-state index contributed by atoms with van der Waals surface area (Å²) in [5.41, 5.74) is 0.497. The van der Waals surface area contributed by atoms with Gasteiger partial charge in [-0.3, -0.25) is 0 Å². The SMILES string of the molecule is C#CCCNC1CSCC(C)(C)C1. The number of hydrogen-bond acceptors (Lipinski definition) is 2. The predicted octanol–water partition coefficient (Wildman–Crippen LogP) is 2.13. The van der Waals surface area contributed by atoms with E-state index in [-0.39, 0.29) is 0 Å². The zero-order valence-electron chi connectivity index (χ0n) is 8.60. The Kier molecular flexibility index (Phi) is 4.15. The van der Waals surface area contributed by atoms with E-state index < -0.39 is 0 Å². The monoisotopic (exact) mass is 197 g/mol. The maximum absolute atomic E-state index is 5.20. The highest BCUT2D eigenvalue weighted by Crippen LogP contribution is 2.33. The van der Waals surface area contributed by atoms with Gasteiger partial charge in [0.15, 0.2) is 0 Å². The lowest BCUT2D eigenvalue weighted by Crippen LogP contribution is -2.40. The second-order valence-electron chi connectivity index (χ2n) is 4.49. The molecule has 1 nitrogen and oxygen atoms in total. The Balaban J connectivity index is 2.23. The molecule has 13 heavy (non-hydrogen) atoms. The van der Waals surface area contributed by atoms with Crippen LogP contribution in [0.5, 0.6) is 0 Å². The molecule has 1 fully saturated rings. The van der Waals surface area contributed by atoms with Crippen molar-refractivity contribution < 1.29 is 0 Å². The Bertz CT molecular complexity index is 193. The van der Waals surface area contributed by atoms with Crippen LogP contribution in [-0.2, 0) is 0 Å². The summed E-state index contributed by atoms with van der Waals surface area (Å²) < 4.78 is 0. The normalized spacial score (nSPS) is 26.7. The quantitative estimate of drug-likeness (QED) is 0.549. The summed E-state index contributed by atoms with van der Waals surface area (Å²) in [4.78, 5) is 0. The van der Waals surface area contributed by atoms with E-state index in [2.05, 4.69) is 36.8 Å². The lowest BCUT2D eigenvalue weighted by atomic mass is 9.88. The highest BCUT2D eigenvalue weighted by Gasteiger charge is 2.27. The summed E-state index contributed by atoms with van der Waals surface area (Å²) in [5, 5.41) is 3.51. The zero-order valence-corrected chi connectivity index (χ0v) is 9.41. The third kappa shape index (κ3) is 4.06. The Morgan fingerprint density at radius 1 is 1.62 bits per heavy atom. The Labute approximate surface area is 86.1 Å². The van der Waals surface area contributed by atoms with Crippen LogP contribution in [0.2, 0.25) is 0 Å². The van der Waals surface area contributed by atoms with Crippen molar-refractivity contribution >= 4 is 11.8 Å². The fourth-order valence-corrected chi connectivity index (χ4v) is 3.05. The fraction of sp³-hybridized carbons (Fsp3) is 0.818. The minimum Gasteiger partial charge on any atom is -0.312 e. The third-order valence-corrected chi connectivity index (χ3v) is 3.94. The summed E-state index contributed by atoms with van der Waals surface area (Å²) in [5.74, 6) is 5.19. The first-order chi connectivity index (χ1) is 6.14. The minimum absolute atomic E-state index is 0.497. The largest absolute Gasteiger partial charge is 0.312 e. The molecule has 0 aliphatic carbocycles. The van der Waals surface area contributed by atoms with Crippen molar-refractivity contribution in [2.45, 2.75) is 32.7 Å². The van der Waals surface area contributed by atoms with Crippen LogP contribution >= 0.6 is 11.8 Å². The van der Waals surface area contributed by atoms with Gasteiger partial charge in [-0.05, 0) is 17.6 Å². The summed E-state index contributed by atoms with van der Waals surface area (Å²) >= 11 is 2.05. The third-order valence-electron chi connectivity index (χ3n) is 2.31. The van der Waals surface area contributed by atoms with E-state index in [1.165, 1.54) is 17.9 Å². The van der Waals surface area contributed by atoms with Gasteiger partial charge in [0.05, 0.1) is 0 Å². The molecule has 0 aromatic carbocycles. The molecular weight excluding hydrogens is 178 g/mol. The van der Waals surface area contributed by atoms with Gasteiger partial charge >= 0.3 is 0 Å². The maximum atomic E-state index is 5.20. The molecule has 1 aliphatic heterocycles. The molecule has 1 atom stereocenters. The zero-order chi connectivity index (χ0) is 9.73. The number of hydrogen-bond donors (Lipinski definition) is 1. The van der Waals surface area contributed by atoms with Gasteiger partial charge in [-0.1, -0.05) is 13.8 Å². The van der Waals surface area contributed by atoms with Crippen molar-refractivity contribution in [2.75, 3.05) is 18.1 Å². The molecule has 0 aromatic rings. The second kappa shape index (κ2) is 4.93. The highest BCUT2D eigenvalue weighted by molar-refractivity contribution is 7.99. The molecule has 0 amide bonds. The van der Waals surface area contributed by atoms with Crippen molar-refractivity contribution in [3.63, 3.8) is 0 Å². The fourth-order valence-electron chi connectivity index (χ4n) is 1.74. The van der Waals surface area contributed by atoms with Gasteiger partial charge in [0.1, 0.15) is 0 Å². The van der Waals surface area contributed by atoms with Crippen molar-refractivity contribution in [1.82, 2.24) is 5.32 Å².